The summed E-state index contributed by atoms with van der Waals surface area (Å²) in [6.45, 7) is 4.87. The lowest BCUT2D eigenvalue weighted by Crippen LogP contribution is -2.45. The molecule has 0 saturated carbocycles. The first kappa shape index (κ1) is 24.8. The van der Waals surface area contributed by atoms with Crippen LogP contribution in [0.3, 0.4) is 0 Å². The zero-order valence-electron chi connectivity index (χ0n) is 19.4. The van der Waals surface area contributed by atoms with Gasteiger partial charge in [-0.15, -0.1) is 11.3 Å². The highest BCUT2D eigenvalue weighted by molar-refractivity contribution is 7.10. The molecule has 2 aromatic heterocycles. The molecule has 2 atom stereocenters. The molecule has 1 aromatic carbocycles. The molecule has 3 aromatic rings. The van der Waals surface area contributed by atoms with E-state index in [0.717, 1.165) is 35.5 Å². The van der Waals surface area contributed by atoms with Crippen LogP contribution in [0, 0.1) is 13.8 Å². The van der Waals surface area contributed by atoms with Gasteiger partial charge in [-0.2, -0.15) is 4.37 Å². The zero-order valence-corrected chi connectivity index (χ0v) is 21.1. The summed E-state index contributed by atoms with van der Waals surface area (Å²) in [5.74, 6) is -1.70. The van der Waals surface area contributed by atoms with Crippen molar-refractivity contribution in [2.75, 3.05) is 23.8 Å². The summed E-state index contributed by atoms with van der Waals surface area (Å²) in [5, 5.41) is 4.82. The average Bonchev–Trinajstić information content (AvgIpc) is 3.56. The minimum absolute atomic E-state index is 0.0476. The van der Waals surface area contributed by atoms with Gasteiger partial charge in [0.25, 0.3) is 11.8 Å². The molecule has 1 aliphatic heterocycles. The van der Waals surface area contributed by atoms with E-state index in [9.17, 15) is 14.4 Å². The minimum Gasteiger partial charge on any atom is -0.395 e. The van der Waals surface area contributed by atoms with E-state index >= 15 is 0 Å². The first-order chi connectivity index (χ1) is 16.8. The number of hydrogen-bond donors (Lipinski definition) is 3. The molecule has 1 aliphatic rings. The number of rotatable bonds is 8. The molecule has 0 radical (unpaired) electrons. The molecule has 184 valence electrons. The number of primary amides is 1. The Balaban J connectivity index is 1.79. The molecule has 0 spiro atoms. The van der Waals surface area contributed by atoms with Gasteiger partial charge >= 0.3 is 0 Å². The summed E-state index contributed by atoms with van der Waals surface area (Å²) in [7, 11) is 0. The first-order valence-electron chi connectivity index (χ1n) is 11.2. The molecular formula is C24H27N5O4S2. The number of hydrogen-bond acceptors (Lipinski definition) is 8. The van der Waals surface area contributed by atoms with Gasteiger partial charge in [-0.25, -0.2) is 0 Å². The minimum atomic E-state index is -0.969. The molecule has 4 rings (SSSR count). The van der Waals surface area contributed by atoms with Crippen LogP contribution in [0.4, 0.5) is 11.4 Å². The molecule has 0 unspecified atom stereocenters. The van der Waals surface area contributed by atoms with E-state index in [2.05, 4.69) is 9.69 Å². The number of nitrogens with two attached hydrogens (primary N) is 2. The monoisotopic (exact) mass is 513 g/mol. The number of thiophene rings is 1. The highest BCUT2D eigenvalue weighted by Crippen LogP contribution is 2.35. The number of aromatic nitrogens is 1. The fourth-order valence-corrected chi connectivity index (χ4v) is 5.70. The second-order valence-corrected chi connectivity index (χ2v) is 10.2. The third kappa shape index (κ3) is 5.37. The van der Waals surface area contributed by atoms with E-state index < -0.39 is 17.9 Å². The molecule has 0 bridgehead atoms. The van der Waals surface area contributed by atoms with E-state index in [0.29, 0.717) is 23.7 Å². The molecular weight excluding hydrogens is 486 g/mol. The molecule has 1 saturated heterocycles. The van der Waals surface area contributed by atoms with Gasteiger partial charge < -0.3 is 21.5 Å². The quantitative estimate of drug-likeness (QED) is 0.422. The van der Waals surface area contributed by atoms with Crippen molar-refractivity contribution in [2.45, 2.75) is 38.8 Å². The van der Waals surface area contributed by atoms with Gasteiger partial charge in [-0.05, 0) is 72.9 Å². The number of amides is 3. The molecule has 0 aliphatic carbocycles. The van der Waals surface area contributed by atoms with E-state index in [1.807, 2.05) is 49.6 Å². The summed E-state index contributed by atoms with van der Waals surface area (Å²) in [6.07, 6.45) is 1.77. The number of carbonyl (C=O) groups is 3. The molecule has 11 heteroatoms. The van der Waals surface area contributed by atoms with Crippen LogP contribution in [0.15, 0.2) is 35.7 Å². The highest BCUT2D eigenvalue weighted by Gasteiger charge is 2.37. The van der Waals surface area contributed by atoms with Crippen LogP contribution in [0.2, 0.25) is 0 Å². The van der Waals surface area contributed by atoms with Crippen molar-refractivity contribution in [3.8, 4) is 0 Å². The van der Waals surface area contributed by atoms with Gasteiger partial charge in [0.1, 0.15) is 4.88 Å². The van der Waals surface area contributed by atoms with E-state index in [4.69, 9.17) is 16.2 Å². The van der Waals surface area contributed by atoms with Gasteiger partial charge in [-0.1, -0.05) is 12.1 Å². The number of ether oxygens (including phenoxy) is 1. The molecule has 9 nitrogen and oxygen atoms in total. The lowest BCUT2D eigenvalue weighted by atomic mass is 10.1. The van der Waals surface area contributed by atoms with Gasteiger partial charge in [0.05, 0.1) is 11.8 Å². The van der Waals surface area contributed by atoms with E-state index in [-0.39, 0.29) is 28.3 Å². The Labute approximate surface area is 211 Å². The number of nitrogens with zero attached hydrogens (tertiary/aromatic N) is 2. The highest BCUT2D eigenvalue weighted by atomic mass is 32.1. The number of benzene rings is 1. The van der Waals surface area contributed by atoms with Crippen LogP contribution in [-0.4, -0.2) is 41.4 Å². The summed E-state index contributed by atoms with van der Waals surface area (Å²) < 4.78 is 9.63. The lowest BCUT2D eigenvalue weighted by molar-refractivity contribution is -0.122. The van der Waals surface area contributed by atoms with Crippen LogP contribution >= 0.6 is 22.9 Å². The van der Waals surface area contributed by atoms with Crippen molar-refractivity contribution in [1.82, 2.24) is 9.69 Å². The Hall–Kier alpha value is -3.28. The van der Waals surface area contributed by atoms with Crippen LogP contribution in [0.1, 0.15) is 55.0 Å². The SMILES string of the molecule is Cc1cc(C)cc(N(C(=O)c2snc(C(N)=O)c2N)[C@@H](C(=O)NC[C@@H]2CCCO2)c2cccs2)c1. The summed E-state index contributed by atoms with van der Waals surface area (Å²) in [5.41, 5.74) is 13.6. The second kappa shape index (κ2) is 10.5. The standard InChI is InChI=1S/C24H27N5O4S2/c1-13-9-14(2)11-15(10-13)29(24(32)21-18(25)19(22(26)30)28-35-21)20(17-6-4-8-34-17)23(31)27-12-16-5-3-7-33-16/h4,6,8-11,16,20H,3,5,7,12,25H2,1-2H3,(H2,26,30)(H,27,31)/t16-,20+/m0/s1. The topological polar surface area (TPSA) is 141 Å². The first-order valence-corrected chi connectivity index (χ1v) is 12.8. The number of nitrogen functional groups attached to an aromatic ring is 1. The maximum absolute atomic E-state index is 14.0. The van der Waals surface area contributed by atoms with E-state index in [1.165, 1.54) is 16.2 Å². The summed E-state index contributed by atoms with van der Waals surface area (Å²) in [6, 6.07) is 8.33. The predicted molar refractivity (Wildman–Crippen MR) is 137 cm³/mol. The smallest absolute Gasteiger partial charge is 0.273 e. The Morgan fingerprint density at radius 3 is 2.57 bits per heavy atom. The molecule has 35 heavy (non-hydrogen) atoms. The Bertz CT molecular complexity index is 1210. The van der Waals surface area contributed by atoms with Crippen LogP contribution in [0.5, 0.6) is 0 Å². The van der Waals surface area contributed by atoms with E-state index in [1.54, 1.807) is 0 Å². The Kier molecular flexibility index (Phi) is 7.48. The summed E-state index contributed by atoms with van der Waals surface area (Å²) >= 11 is 2.16. The number of aryl methyl sites for hydroxylation is 2. The number of anilines is 2. The van der Waals surface area contributed by atoms with Crippen molar-refractivity contribution in [3.63, 3.8) is 0 Å². The second-order valence-electron chi connectivity index (χ2n) is 8.46. The van der Waals surface area contributed by atoms with Gasteiger partial charge in [0, 0.05) is 23.7 Å². The van der Waals surface area contributed by atoms with Crippen LogP contribution in [0.25, 0.3) is 0 Å². The van der Waals surface area contributed by atoms with Gasteiger partial charge in [-0.3, -0.25) is 19.3 Å². The lowest BCUT2D eigenvalue weighted by Gasteiger charge is -2.31. The fourth-order valence-electron chi connectivity index (χ4n) is 4.15. The third-order valence-electron chi connectivity index (χ3n) is 5.71. The average molecular weight is 514 g/mol. The van der Waals surface area contributed by atoms with Crippen molar-refractivity contribution in [1.29, 1.82) is 0 Å². The van der Waals surface area contributed by atoms with Crippen LogP contribution in [-0.2, 0) is 9.53 Å². The largest absolute Gasteiger partial charge is 0.395 e. The van der Waals surface area contributed by atoms with Crippen molar-refractivity contribution in [2.24, 2.45) is 5.73 Å². The van der Waals surface area contributed by atoms with Crippen molar-refractivity contribution in [3.05, 3.63) is 62.3 Å². The van der Waals surface area contributed by atoms with Crippen molar-refractivity contribution < 1.29 is 19.1 Å². The molecule has 3 amide bonds. The maximum Gasteiger partial charge on any atom is 0.273 e. The van der Waals surface area contributed by atoms with Crippen molar-refractivity contribution >= 4 is 52.0 Å². The Morgan fingerprint density at radius 2 is 2.00 bits per heavy atom. The maximum atomic E-state index is 14.0. The predicted octanol–water partition coefficient (Wildman–Crippen LogP) is 3.19. The van der Waals surface area contributed by atoms with Crippen LogP contribution < -0.4 is 21.7 Å². The molecule has 3 heterocycles. The number of carbonyl (C=O) groups excluding carboxylic acids is 3. The molecule has 1 fully saturated rings. The summed E-state index contributed by atoms with van der Waals surface area (Å²) in [4.78, 5) is 41.5. The van der Waals surface area contributed by atoms with Gasteiger partial charge in [0.15, 0.2) is 11.7 Å². The Morgan fingerprint density at radius 1 is 1.26 bits per heavy atom. The fraction of sp³-hybridized carbons (Fsp3) is 0.333. The third-order valence-corrected chi connectivity index (χ3v) is 7.48. The number of nitrogens with one attached hydrogen (secondary N) is 1. The van der Waals surface area contributed by atoms with Gasteiger partial charge in [0.2, 0.25) is 5.91 Å². The normalized spacial score (nSPS) is 16.1. The molecule has 5 N–H and O–H groups in total. The zero-order chi connectivity index (χ0) is 25.1.